The maximum absolute atomic E-state index is 13.5. The van der Waals surface area contributed by atoms with E-state index in [0.717, 1.165) is 29.7 Å². The van der Waals surface area contributed by atoms with Crippen LogP contribution in [0.5, 0.6) is 11.5 Å². The first-order chi connectivity index (χ1) is 14.1. The number of carbonyl (C=O) groups excluding carboxylic acids is 1. The van der Waals surface area contributed by atoms with Crippen molar-refractivity contribution < 1.29 is 19.0 Å². The molecule has 1 fully saturated rings. The van der Waals surface area contributed by atoms with Gasteiger partial charge in [-0.25, -0.2) is 4.98 Å². The Balaban J connectivity index is 1.54. The molecule has 1 saturated heterocycles. The van der Waals surface area contributed by atoms with Crippen LogP contribution < -0.4 is 14.4 Å². The topological polar surface area (TPSA) is 60.9 Å². The molecule has 1 atom stereocenters. The second-order valence-corrected chi connectivity index (χ2v) is 8.52. The average molecular weight is 410 g/mol. The van der Waals surface area contributed by atoms with Crippen LogP contribution in [0.4, 0.5) is 5.13 Å². The summed E-state index contributed by atoms with van der Waals surface area (Å²) in [4.78, 5) is 20.1. The Morgan fingerprint density at radius 1 is 1.21 bits per heavy atom. The number of aromatic nitrogens is 1. The molecule has 2 aliphatic heterocycles. The summed E-state index contributed by atoms with van der Waals surface area (Å²) in [5.41, 5.74) is 3.83. The fourth-order valence-electron chi connectivity index (χ4n) is 3.91. The lowest BCUT2D eigenvalue weighted by molar-refractivity contribution is 0.0917. The fraction of sp³-hybridized carbons (Fsp3) is 0.364. The van der Waals surface area contributed by atoms with Crippen molar-refractivity contribution in [1.29, 1.82) is 0 Å². The molecular formula is C22H22N2O4S. The maximum atomic E-state index is 13.5. The number of amides is 1. The number of aryl methyl sites for hydroxylation is 2. The molecule has 5 rings (SSSR count). The third kappa shape index (κ3) is 3.45. The number of hydrogen-bond acceptors (Lipinski definition) is 6. The number of hydrogen-bond donors (Lipinski definition) is 0. The quantitative estimate of drug-likeness (QED) is 0.635. The fourth-order valence-corrected chi connectivity index (χ4v) is 4.93. The largest absolute Gasteiger partial charge is 0.454 e. The number of thiazole rings is 1. The van der Waals surface area contributed by atoms with E-state index < -0.39 is 0 Å². The number of ether oxygens (including phenoxy) is 3. The van der Waals surface area contributed by atoms with Crippen molar-refractivity contribution in [2.75, 3.05) is 24.8 Å². The normalized spacial score (nSPS) is 17.8. The summed E-state index contributed by atoms with van der Waals surface area (Å²) in [6.45, 7) is 5.57. The van der Waals surface area contributed by atoms with Gasteiger partial charge in [-0.1, -0.05) is 17.4 Å². The van der Waals surface area contributed by atoms with Gasteiger partial charge in [-0.2, -0.15) is 0 Å². The minimum atomic E-state index is -0.104. The molecule has 3 aromatic rings. The minimum Gasteiger partial charge on any atom is -0.454 e. The molecule has 0 aliphatic carbocycles. The molecule has 0 bridgehead atoms. The van der Waals surface area contributed by atoms with E-state index >= 15 is 0 Å². The summed E-state index contributed by atoms with van der Waals surface area (Å²) in [6, 6.07) is 9.52. The summed E-state index contributed by atoms with van der Waals surface area (Å²) in [5, 5.41) is 0.701. The molecule has 7 heteroatoms. The molecule has 1 unspecified atom stereocenters. The van der Waals surface area contributed by atoms with Gasteiger partial charge in [-0.15, -0.1) is 0 Å². The van der Waals surface area contributed by atoms with Crippen LogP contribution in [0.3, 0.4) is 0 Å². The van der Waals surface area contributed by atoms with E-state index in [0.29, 0.717) is 28.7 Å². The van der Waals surface area contributed by atoms with Crippen LogP contribution in [0, 0.1) is 13.8 Å². The molecule has 0 radical (unpaired) electrons. The highest BCUT2D eigenvalue weighted by Crippen LogP contribution is 2.36. The van der Waals surface area contributed by atoms with Gasteiger partial charge in [0.25, 0.3) is 5.91 Å². The number of carbonyl (C=O) groups is 1. The van der Waals surface area contributed by atoms with Crippen LogP contribution in [0.1, 0.15) is 34.3 Å². The van der Waals surface area contributed by atoms with E-state index in [4.69, 9.17) is 19.2 Å². The number of fused-ring (bicyclic) bond motifs is 2. The summed E-state index contributed by atoms with van der Waals surface area (Å²) in [5.74, 6) is 1.16. The van der Waals surface area contributed by atoms with Crippen molar-refractivity contribution >= 4 is 32.6 Å². The van der Waals surface area contributed by atoms with Crippen LogP contribution in [0.25, 0.3) is 10.2 Å². The molecule has 150 valence electrons. The highest BCUT2D eigenvalue weighted by atomic mass is 32.1. The van der Waals surface area contributed by atoms with E-state index in [9.17, 15) is 4.79 Å². The third-order valence-electron chi connectivity index (χ3n) is 5.31. The molecule has 1 amide bonds. The Morgan fingerprint density at radius 3 is 2.90 bits per heavy atom. The first-order valence-electron chi connectivity index (χ1n) is 9.79. The highest BCUT2D eigenvalue weighted by molar-refractivity contribution is 7.22. The van der Waals surface area contributed by atoms with E-state index in [1.165, 1.54) is 11.1 Å². The van der Waals surface area contributed by atoms with Crippen molar-refractivity contribution in [3.05, 3.63) is 47.0 Å². The Labute approximate surface area is 173 Å². The van der Waals surface area contributed by atoms with Gasteiger partial charge in [0, 0.05) is 12.2 Å². The first kappa shape index (κ1) is 18.4. The van der Waals surface area contributed by atoms with Crippen LogP contribution >= 0.6 is 11.3 Å². The van der Waals surface area contributed by atoms with E-state index in [1.54, 1.807) is 34.4 Å². The first-order valence-corrected chi connectivity index (χ1v) is 10.6. The predicted molar refractivity (Wildman–Crippen MR) is 112 cm³/mol. The van der Waals surface area contributed by atoms with Crippen molar-refractivity contribution in [1.82, 2.24) is 4.98 Å². The Kier molecular flexibility index (Phi) is 4.64. The summed E-state index contributed by atoms with van der Waals surface area (Å²) >= 11 is 1.56. The van der Waals surface area contributed by atoms with Gasteiger partial charge < -0.3 is 14.2 Å². The average Bonchev–Trinajstić information content (AvgIpc) is 3.44. The summed E-state index contributed by atoms with van der Waals surface area (Å²) in [7, 11) is 0. The monoisotopic (exact) mass is 410 g/mol. The van der Waals surface area contributed by atoms with Crippen LogP contribution in [-0.2, 0) is 4.74 Å². The second kappa shape index (κ2) is 7.31. The lowest BCUT2D eigenvalue weighted by atomic mass is 10.1. The van der Waals surface area contributed by atoms with Crippen molar-refractivity contribution in [2.45, 2.75) is 32.8 Å². The molecule has 2 aliphatic rings. The smallest absolute Gasteiger partial charge is 0.260 e. The lowest BCUT2D eigenvalue weighted by Crippen LogP contribution is -2.37. The van der Waals surface area contributed by atoms with Crippen molar-refractivity contribution in [3.8, 4) is 11.5 Å². The third-order valence-corrected chi connectivity index (χ3v) is 6.54. The SMILES string of the molecule is Cc1cc(C)c2sc(N(CC3CCCO3)C(=O)c3ccc4c(c3)OCO4)nc2c1. The zero-order valence-corrected chi connectivity index (χ0v) is 17.3. The van der Waals surface area contributed by atoms with Crippen molar-refractivity contribution in [2.24, 2.45) is 0 Å². The van der Waals surface area contributed by atoms with Crippen LogP contribution in [0.15, 0.2) is 30.3 Å². The molecule has 0 saturated carbocycles. The van der Waals surface area contributed by atoms with Gasteiger partial charge in [0.1, 0.15) is 0 Å². The molecule has 2 aromatic carbocycles. The van der Waals surface area contributed by atoms with E-state index in [1.807, 2.05) is 0 Å². The van der Waals surface area contributed by atoms with Gasteiger partial charge in [-0.3, -0.25) is 9.69 Å². The summed E-state index contributed by atoms with van der Waals surface area (Å²) in [6.07, 6.45) is 2.01. The molecular weight excluding hydrogens is 388 g/mol. The Hall–Kier alpha value is -2.64. The second-order valence-electron chi connectivity index (χ2n) is 7.55. The van der Waals surface area contributed by atoms with Crippen LogP contribution in [0.2, 0.25) is 0 Å². The van der Waals surface area contributed by atoms with Crippen LogP contribution in [-0.4, -0.2) is 36.9 Å². The van der Waals surface area contributed by atoms with Crippen molar-refractivity contribution in [3.63, 3.8) is 0 Å². The van der Waals surface area contributed by atoms with Gasteiger partial charge in [0.15, 0.2) is 16.6 Å². The molecule has 0 N–H and O–H groups in total. The number of nitrogens with zero attached hydrogens (tertiary/aromatic N) is 2. The standard InChI is InChI=1S/C22H22N2O4S/c1-13-8-14(2)20-17(9-13)23-22(29-20)24(11-16-4-3-7-26-16)21(25)15-5-6-18-19(10-15)28-12-27-18/h5-6,8-10,16H,3-4,7,11-12H2,1-2H3. The van der Waals surface area contributed by atoms with Gasteiger partial charge >= 0.3 is 0 Å². The molecule has 6 nitrogen and oxygen atoms in total. The van der Waals surface area contributed by atoms with Gasteiger partial charge in [0.2, 0.25) is 6.79 Å². The number of benzene rings is 2. The van der Waals surface area contributed by atoms with Gasteiger partial charge in [-0.05, 0) is 62.1 Å². The van der Waals surface area contributed by atoms with E-state index in [-0.39, 0.29) is 18.8 Å². The molecule has 1 aromatic heterocycles. The predicted octanol–water partition coefficient (Wildman–Crippen LogP) is 4.47. The molecule has 0 spiro atoms. The maximum Gasteiger partial charge on any atom is 0.260 e. The minimum absolute atomic E-state index is 0.0304. The molecule has 29 heavy (non-hydrogen) atoms. The van der Waals surface area contributed by atoms with E-state index in [2.05, 4.69) is 26.0 Å². The number of rotatable bonds is 4. The zero-order chi connectivity index (χ0) is 20.0. The Morgan fingerprint density at radius 2 is 2.07 bits per heavy atom. The highest BCUT2D eigenvalue weighted by Gasteiger charge is 2.28. The Bertz CT molecular complexity index is 1090. The van der Waals surface area contributed by atoms with Gasteiger partial charge in [0.05, 0.1) is 22.9 Å². The lowest BCUT2D eigenvalue weighted by Gasteiger charge is -2.23. The summed E-state index contributed by atoms with van der Waals surface area (Å²) < 4.78 is 17.8. The molecule has 3 heterocycles. The zero-order valence-electron chi connectivity index (χ0n) is 16.4. The number of anilines is 1.